The van der Waals surface area contributed by atoms with Crippen LogP contribution in [0.15, 0.2) is 102 Å². The Kier molecular flexibility index (Phi) is 4.91. The second-order valence-electron chi connectivity index (χ2n) is 6.71. The van der Waals surface area contributed by atoms with Gasteiger partial charge in [-0.2, -0.15) is 5.10 Å². The summed E-state index contributed by atoms with van der Waals surface area (Å²) in [5, 5.41) is 14.7. The summed E-state index contributed by atoms with van der Waals surface area (Å²) in [6.07, 6.45) is 2.01. The number of nitrogens with zero attached hydrogens (tertiary/aromatic N) is 5. The smallest absolute Gasteiger partial charge is 0.195 e. The molecule has 0 radical (unpaired) electrons. The minimum Gasteiger partial charge on any atom is -0.269 e. The zero-order chi connectivity index (χ0) is 20.3. The van der Waals surface area contributed by atoms with E-state index >= 15 is 0 Å². The van der Waals surface area contributed by atoms with Gasteiger partial charge < -0.3 is 0 Å². The molecule has 0 bridgehead atoms. The number of aromatic nitrogens is 5. The molecular formula is C24H19N5S. The van der Waals surface area contributed by atoms with Crippen LogP contribution in [-0.2, 0) is 0 Å². The van der Waals surface area contributed by atoms with E-state index in [9.17, 15) is 0 Å². The highest BCUT2D eigenvalue weighted by Gasteiger charge is 2.20. The molecular weight excluding hydrogens is 390 g/mol. The topological polar surface area (TPSA) is 48.5 Å². The predicted octanol–water partition coefficient (Wildman–Crippen LogP) is 5.51. The van der Waals surface area contributed by atoms with Gasteiger partial charge in [-0.1, -0.05) is 78.5 Å². The summed E-state index contributed by atoms with van der Waals surface area (Å²) in [5.74, 6) is 0.720. The van der Waals surface area contributed by atoms with Crippen LogP contribution in [0.2, 0.25) is 0 Å². The maximum atomic E-state index is 4.94. The van der Waals surface area contributed by atoms with Gasteiger partial charge in [0.15, 0.2) is 11.0 Å². The van der Waals surface area contributed by atoms with Gasteiger partial charge in [0.05, 0.1) is 11.4 Å². The van der Waals surface area contributed by atoms with E-state index in [4.69, 9.17) is 5.10 Å². The number of thioether (sulfide) groups is 1. The lowest BCUT2D eigenvalue weighted by molar-refractivity contribution is 0.871. The van der Waals surface area contributed by atoms with E-state index in [-0.39, 0.29) is 0 Å². The van der Waals surface area contributed by atoms with Crippen molar-refractivity contribution in [2.24, 2.45) is 0 Å². The van der Waals surface area contributed by atoms with E-state index in [1.165, 1.54) is 0 Å². The van der Waals surface area contributed by atoms with Crippen LogP contribution in [-0.4, -0.2) is 30.8 Å². The first-order chi connectivity index (χ1) is 14.8. The van der Waals surface area contributed by atoms with E-state index in [0.717, 1.165) is 39.3 Å². The Bertz CT molecular complexity index is 1200. The second-order valence-corrected chi connectivity index (χ2v) is 7.48. The monoisotopic (exact) mass is 409 g/mol. The Morgan fingerprint density at radius 3 is 1.93 bits per heavy atom. The van der Waals surface area contributed by atoms with Crippen molar-refractivity contribution in [3.63, 3.8) is 0 Å². The molecule has 0 amide bonds. The van der Waals surface area contributed by atoms with E-state index in [1.54, 1.807) is 11.8 Å². The molecule has 0 saturated heterocycles. The van der Waals surface area contributed by atoms with Gasteiger partial charge in [-0.25, -0.2) is 4.68 Å². The van der Waals surface area contributed by atoms with Crippen LogP contribution in [0.5, 0.6) is 0 Å². The van der Waals surface area contributed by atoms with Gasteiger partial charge in [-0.05, 0) is 36.6 Å². The molecule has 0 atom stereocenters. The summed E-state index contributed by atoms with van der Waals surface area (Å²) in [6, 6.07) is 32.7. The van der Waals surface area contributed by atoms with Crippen molar-refractivity contribution in [1.29, 1.82) is 0 Å². The lowest BCUT2D eigenvalue weighted by Crippen LogP contribution is -2.01. The minimum atomic E-state index is 0.720. The van der Waals surface area contributed by atoms with Crippen LogP contribution in [0.1, 0.15) is 0 Å². The Labute approximate surface area is 179 Å². The molecule has 0 unspecified atom stereocenters. The second kappa shape index (κ2) is 8.00. The molecule has 5 rings (SSSR count). The molecule has 0 N–H and O–H groups in total. The van der Waals surface area contributed by atoms with Crippen LogP contribution in [0.3, 0.4) is 0 Å². The fraction of sp³-hybridized carbons (Fsp3) is 0.0417. The number of hydrogen-bond donors (Lipinski definition) is 0. The molecule has 5 aromatic rings. The van der Waals surface area contributed by atoms with Crippen molar-refractivity contribution in [3.05, 3.63) is 97.1 Å². The van der Waals surface area contributed by atoms with E-state index in [0.29, 0.717) is 0 Å². The van der Waals surface area contributed by atoms with Crippen LogP contribution >= 0.6 is 11.8 Å². The molecule has 0 aliphatic rings. The van der Waals surface area contributed by atoms with Crippen molar-refractivity contribution in [2.75, 3.05) is 6.26 Å². The summed E-state index contributed by atoms with van der Waals surface area (Å²) in [7, 11) is 0. The highest BCUT2D eigenvalue weighted by atomic mass is 32.2. The standard InChI is InChI=1S/C24H19N5S/c1-30-24-26-25-23(28(24)19-13-7-3-8-14-19)21-17-22(18-11-5-2-6-12-18)29(27-21)20-15-9-4-10-16-20/h2-17H,1H3. The third kappa shape index (κ3) is 3.31. The van der Waals surface area contributed by atoms with Crippen molar-refractivity contribution < 1.29 is 0 Å². The third-order valence-corrected chi connectivity index (χ3v) is 5.47. The van der Waals surface area contributed by atoms with Crippen molar-refractivity contribution in [1.82, 2.24) is 24.5 Å². The van der Waals surface area contributed by atoms with Gasteiger partial charge in [-0.15, -0.1) is 10.2 Å². The number of benzene rings is 3. The summed E-state index contributed by atoms with van der Waals surface area (Å²) in [4.78, 5) is 0. The zero-order valence-corrected chi connectivity index (χ0v) is 17.2. The molecule has 2 heterocycles. The lowest BCUT2D eigenvalue weighted by Gasteiger charge is -2.08. The van der Waals surface area contributed by atoms with Crippen LogP contribution in [0, 0.1) is 0 Å². The summed E-state index contributed by atoms with van der Waals surface area (Å²) >= 11 is 1.56. The lowest BCUT2D eigenvalue weighted by atomic mass is 10.1. The first-order valence-electron chi connectivity index (χ1n) is 9.61. The molecule has 30 heavy (non-hydrogen) atoms. The average molecular weight is 410 g/mol. The number of rotatable bonds is 5. The quantitative estimate of drug-likeness (QED) is 0.359. The molecule has 0 spiro atoms. The van der Waals surface area contributed by atoms with Gasteiger partial charge >= 0.3 is 0 Å². The number of hydrogen-bond acceptors (Lipinski definition) is 4. The van der Waals surface area contributed by atoms with Crippen LogP contribution in [0.25, 0.3) is 34.2 Å². The Morgan fingerprint density at radius 1 is 0.700 bits per heavy atom. The maximum absolute atomic E-state index is 4.94. The average Bonchev–Trinajstić information content (AvgIpc) is 3.45. The summed E-state index contributed by atoms with van der Waals surface area (Å²) in [6.45, 7) is 0. The molecule has 0 fully saturated rings. The SMILES string of the molecule is CSc1nnc(-c2cc(-c3ccccc3)n(-c3ccccc3)n2)n1-c1ccccc1. The van der Waals surface area contributed by atoms with Gasteiger partial charge in [0.1, 0.15) is 5.69 Å². The predicted molar refractivity (Wildman–Crippen MR) is 121 cm³/mol. The zero-order valence-electron chi connectivity index (χ0n) is 16.4. The molecule has 6 heteroatoms. The molecule has 0 aliphatic carbocycles. The van der Waals surface area contributed by atoms with Gasteiger partial charge in [0.25, 0.3) is 0 Å². The molecule has 2 aromatic heterocycles. The molecule has 0 aliphatic heterocycles. The van der Waals surface area contributed by atoms with Gasteiger partial charge in [0, 0.05) is 11.3 Å². The van der Waals surface area contributed by atoms with Gasteiger partial charge in [-0.3, -0.25) is 4.57 Å². The highest BCUT2D eigenvalue weighted by Crippen LogP contribution is 2.31. The fourth-order valence-electron chi connectivity index (χ4n) is 3.45. The fourth-order valence-corrected chi connectivity index (χ4v) is 3.95. The first kappa shape index (κ1) is 18.4. The Morgan fingerprint density at radius 2 is 1.30 bits per heavy atom. The van der Waals surface area contributed by atoms with Crippen LogP contribution in [0.4, 0.5) is 0 Å². The van der Waals surface area contributed by atoms with E-state index < -0.39 is 0 Å². The first-order valence-corrected chi connectivity index (χ1v) is 10.8. The highest BCUT2D eigenvalue weighted by molar-refractivity contribution is 7.98. The normalized spacial score (nSPS) is 11.0. The van der Waals surface area contributed by atoms with Crippen molar-refractivity contribution in [2.45, 2.75) is 5.16 Å². The summed E-state index contributed by atoms with van der Waals surface area (Å²) in [5.41, 5.74) is 4.88. The Hall–Kier alpha value is -3.64. The Balaban J connectivity index is 1.72. The minimum absolute atomic E-state index is 0.720. The van der Waals surface area contributed by atoms with Gasteiger partial charge in [0.2, 0.25) is 0 Å². The molecule has 5 nitrogen and oxygen atoms in total. The summed E-state index contributed by atoms with van der Waals surface area (Å²) < 4.78 is 4.02. The molecule has 0 saturated carbocycles. The third-order valence-electron chi connectivity index (χ3n) is 4.84. The largest absolute Gasteiger partial charge is 0.269 e. The van der Waals surface area contributed by atoms with Crippen molar-refractivity contribution >= 4 is 11.8 Å². The van der Waals surface area contributed by atoms with E-state index in [1.807, 2.05) is 65.5 Å². The number of para-hydroxylation sites is 2. The van der Waals surface area contributed by atoms with Crippen LogP contribution < -0.4 is 0 Å². The van der Waals surface area contributed by atoms with Crippen molar-refractivity contribution in [3.8, 4) is 34.2 Å². The molecule has 3 aromatic carbocycles. The molecule has 146 valence electrons. The van der Waals surface area contributed by atoms with E-state index in [2.05, 4.69) is 57.2 Å². The maximum Gasteiger partial charge on any atom is 0.195 e.